The third-order valence-electron chi connectivity index (χ3n) is 4.90. The Labute approximate surface area is 165 Å². The SMILES string of the molecule is Cc1ccc(C2=C3C=c4c(NC(=O)NN5CCOCC5)cccc4=C3N=N2)s1. The Morgan fingerprint density at radius 2 is 1.96 bits per heavy atom. The predicted molar refractivity (Wildman–Crippen MR) is 109 cm³/mol. The molecule has 142 valence electrons. The average molecular weight is 393 g/mol. The Kier molecular flexibility index (Phi) is 4.31. The summed E-state index contributed by atoms with van der Waals surface area (Å²) < 4.78 is 5.31. The molecular weight excluding hydrogens is 374 g/mol. The fraction of sp³-hybridized carbons (Fsp3) is 0.250. The molecule has 5 rings (SSSR count). The molecule has 0 bridgehead atoms. The zero-order valence-corrected chi connectivity index (χ0v) is 16.2. The zero-order valence-electron chi connectivity index (χ0n) is 15.4. The fourth-order valence-corrected chi connectivity index (χ4v) is 4.42. The number of anilines is 1. The van der Waals surface area contributed by atoms with Gasteiger partial charge in [-0.15, -0.1) is 21.6 Å². The van der Waals surface area contributed by atoms with Gasteiger partial charge in [0.1, 0.15) is 11.4 Å². The molecule has 1 aromatic heterocycles. The van der Waals surface area contributed by atoms with E-state index >= 15 is 0 Å². The van der Waals surface area contributed by atoms with Gasteiger partial charge in [-0.1, -0.05) is 12.1 Å². The molecule has 0 spiro atoms. The summed E-state index contributed by atoms with van der Waals surface area (Å²) in [6.07, 6.45) is 2.07. The van der Waals surface area contributed by atoms with Crippen LogP contribution in [-0.4, -0.2) is 37.3 Å². The summed E-state index contributed by atoms with van der Waals surface area (Å²) in [5, 5.41) is 15.6. The van der Waals surface area contributed by atoms with Crippen molar-refractivity contribution in [2.24, 2.45) is 10.2 Å². The summed E-state index contributed by atoms with van der Waals surface area (Å²) in [7, 11) is 0. The number of nitrogens with one attached hydrogen (secondary N) is 2. The summed E-state index contributed by atoms with van der Waals surface area (Å²) >= 11 is 1.71. The molecule has 0 unspecified atom stereocenters. The number of hydrogen-bond acceptors (Lipinski definition) is 6. The van der Waals surface area contributed by atoms with E-state index in [0.717, 1.165) is 38.0 Å². The van der Waals surface area contributed by atoms with Crippen molar-refractivity contribution in [3.8, 4) is 0 Å². The van der Waals surface area contributed by atoms with E-state index in [0.29, 0.717) is 26.3 Å². The third kappa shape index (κ3) is 3.05. The van der Waals surface area contributed by atoms with Crippen LogP contribution in [0.15, 0.2) is 46.1 Å². The van der Waals surface area contributed by atoms with Crippen molar-refractivity contribution in [1.82, 2.24) is 10.4 Å². The molecule has 1 saturated heterocycles. The molecule has 0 saturated carbocycles. The second-order valence-electron chi connectivity index (χ2n) is 6.80. The van der Waals surface area contributed by atoms with Crippen molar-refractivity contribution in [2.45, 2.75) is 6.92 Å². The Morgan fingerprint density at radius 1 is 1.14 bits per heavy atom. The standard InChI is InChI=1S/C20H19N5O2S/c1-12-5-6-17(28-12)19-15-11-14-13(18(15)22-23-19)3-2-4-16(14)21-20(26)24-25-7-9-27-10-8-25/h2-6,11H,7-10H2,1H3,(H2,21,24,26). The van der Waals surface area contributed by atoms with Crippen molar-refractivity contribution >= 4 is 40.5 Å². The number of urea groups is 1. The van der Waals surface area contributed by atoms with Crippen LogP contribution in [0, 0.1) is 6.92 Å². The van der Waals surface area contributed by atoms with Crippen LogP contribution in [0.5, 0.6) is 0 Å². The normalized spacial score (nSPS) is 18.1. The van der Waals surface area contributed by atoms with Crippen LogP contribution >= 0.6 is 11.3 Å². The van der Waals surface area contributed by atoms with Crippen LogP contribution in [0.3, 0.4) is 0 Å². The fourth-order valence-electron chi connectivity index (χ4n) is 3.55. The molecule has 7 nitrogen and oxygen atoms in total. The lowest BCUT2D eigenvalue weighted by Crippen LogP contribution is -2.50. The number of morpholine rings is 1. The highest BCUT2D eigenvalue weighted by Crippen LogP contribution is 2.37. The van der Waals surface area contributed by atoms with Gasteiger partial charge in [0.15, 0.2) is 0 Å². The Bertz CT molecular complexity index is 1140. The van der Waals surface area contributed by atoms with Gasteiger partial charge in [0.2, 0.25) is 0 Å². The van der Waals surface area contributed by atoms with Crippen molar-refractivity contribution in [3.63, 3.8) is 0 Å². The highest BCUT2D eigenvalue weighted by atomic mass is 32.1. The van der Waals surface area contributed by atoms with Gasteiger partial charge in [0, 0.05) is 34.0 Å². The van der Waals surface area contributed by atoms with Crippen LogP contribution in [0.4, 0.5) is 10.5 Å². The number of hydrazine groups is 1. The maximum Gasteiger partial charge on any atom is 0.333 e. The number of carbonyl (C=O) groups is 1. The first-order valence-corrected chi connectivity index (χ1v) is 9.99. The second-order valence-corrected chi connectivity index (χ2v) is 8.09. The molecule has 2 amide bonds. The van der Waals surface area contributed by atoms with E-state index in [1.165, 1.54) is 4.88 Å². The first kappa shape index (κ1) is 17.3. The first-order valence-electron chi connectivity index (χ1n) is 9.18. The monoisotopic (exact) mass is 393 g/mol. The molecule has 1 aromatic carbocycles. The summed E-state index contributed by atoms with van der Waals surface area (Å²) in [5.41, 5.74) is 6.41. The minimum Gasteiger partial charge on any atom is -0.379 e. The molecule has 8 heteroatoms. The van der Waals surface area contributed by atoms with Crippen LogP contribution in [0.2, 0.25) is 0 Å². The molecule has 3 heterocycles. The molecule has 2 N–H and O–H groups in total. The zero-order chi connectivity index (χ0) is 19.1. The second kappa shape index (κ2) is 6.97. The number of hydrogen-bond donors (Lipinski definition) is 2. The highest BCUT2D eigenvalue weighted by molar-refractivity contribution is 7.13. The molecule has 0 radical (unpaired) electrons. The molecule has 1 fully saturated rings. The van der Waals surface area contributed by atoms with Crippen LogP contribution in [0.1, 0.15) is 9.75 Å². The number of carbonyl (C=O) groups excluding carboxylic acids is 1. The van der Waals surface area contributed by atoms with Gasteiger partial charge in [0.05, 0.1) is 23.8 Å². The summed E-state index contributed by atoms with van der Waals surface area (Å²) in [6, 6.07) is 9.76. The van der Waals surface area contributed by atoms with Crippen molar-refractivity contribution < 1.29 is 9.53 Å². The van der Waals surface area contributed by atoms with Gasteiger partial charge >= 0.3 is 6.03 Å². The number of thiophene rings is 1. The molecule has 1 aliphatic carbocycles. The summed E-state index contributed by atoms with van der Waals surface area (Å²) in [4.78, 5) is 14.8. The number of azo groups is 1. The van der Waals surface area contributed by atoms with Crippen LogP contribution in [-0.2, 0) is 4.74 Å². The highest BCUT2D eigenvalue weighted by Gasteiger charge is 2.24. The van der Waals surface area contributed by atoms with Gasteiger partial charge in [-0.2, -0.15) is 0 Å². The number of aryl methyl sites for hydroxylation is 1. The first-order chi connectivity index (χ1) is 13.7. The number of ether oxygens (including phenoxy) is 1. The number of amides is 2. The lowest BCUT2D eigenvalue weighted by atomic mass is 10.1. The van der Waals surface area contributed by atoms with Crippen molar-refractivity contribution in [1.29, 1.82) is 0 Å². The van der Waals surface area contributed by atoms with Gasteiger partial charge in [0.25, 0.3) is 0 Å². The lowest BCUT2D eigenvalue weighted by molar-refractivity contribution is 0.0207. The third-order valence-corrected chi connectivity index (χ3v) is 5.91. The molecular formula is C20H19N5O2S. The van der Waals surface area contributed by atoms with E-state index < -0.39 is 0 Å². The van der Waals surface area contributed by atoms with Gasteiger partial charge < -0.3 is 10.1 Å². The van der Waals surface area contributed by atoms with E-state index in [9.17, 15) is 4.79 Å². The summed E-state index contributed by atoms with van der Waals surface area (Å²) in [5.74, 6) is 0. The van der Waals surface area contributed by atoms with Gasteiger partial charge in [-0.05, 0) is 31.2 Å². The summed E-state index contributed by atoms with van der Waals surface area (Å²) in [6.45, 7) is 4.69. The minimum atomic E-state index is -0.254. The van der Waals surface area contributed by atoms with Gasteiger partial charge in [-0.25, -0.2) is 9.80 Å². The van der Waals surface area contributed by atoms with Gasteiger partial charge in [-0.3, -0.25) is 5.43 Å². The topological polar surface area (TPSA) is 78.3 Å². The molecule has 0 atom stereocenters. The largest absolute Gasteiger partial charge is 0.379 e. The average Bonchev–Trinajstić information content (AvgIpc) is 3.38. The lowest BCUT2D eigenvalue weighted by Gasteiger charge is -2.26. The molecule has 3 aliphatic rings. The number of fused-ring (bicyclic) bond motifs is 2. The van der Waals surface area contributed by atoms with Crippen molar-refractivity contribution in [2.75, 3.05) is 31.6 Å². The van der Waals surface area contributed by atoms with Crippen LogP contribution in [0.25, 0.3) is 17.5 Å². The van der Waals surface area contributed by atoms with Crippen molar-refractivity contribution in [3.05, 3.63) is 56.1 Å². The van der Waals surface area contributed by atoms with E-state index in [4.69, 9.17) is 4.74 Å². The minimum absolute atomic E-state index is 0.254. The smallest absolute Gasteiger partial charge is 0.333 e. The van der Waals surface area contributed by atoms with E-state index in [1.807, 2.05) is 23.2 Å². The Morgan fingerprint density at radius 3 is 2.75 bits per heavy atom. The molecule has 2 aromatic rings. The number of nitrogens with zero attached hydrogens (tertiary/aromatic N) is 3. The number of rotatable bonds is 3. The Balaban J connectivity index is 1.46. The van der Waals surface area contributed by atoms with Crippen LogP contribution < -0.4 is 21.2 Å². The van der Waals surface area contributed by atoms with E-state index in [1.54, 1.807) is 11.3 Å². The molecule has 28 heavy (non-hydrogen) atoms. The van der Waals surface area contributed by atoms with E-state index in [-0.39, 0.29) is 6.03 Å². The Hall–Kier alpha value is -2.81. The molecule has 2 aliphatic heterocycles. The quantitative estimate of drug-likeness (QED) is 0.839. The van der Waals surface area contributed by atoms with E-state index in [2.05, 4.69) is 46.1 Å². The number of benzene rings is 1. The predicted octanol–water partition coefficient (Wildman–Crippen LogP) is 2.20. The maximum absolute atomic E-state index is 12.4. The maximum atomic E-state index is 12.4.